The number of rotatable bonds is 10. The van der Waals surface area contributed by atoms with E-state index in [-0.39, 0.29) is 6.42 Å². The number of ether oxygens (including phenoxy) is 2. The number of thiazole rings is 1. The molecule has 0 atom stereocenters. The number of anilines is 1. The molecule has 130 valence electrons. The maximum atomic E-state index is 10.7. The molecular formula is C17H22N2O4S. The van der Waals surface area contributed by atoms with E-state index in [9.17, 15) is 4.79 Å². The Morgan fingerprint density at radius 1 is 1.29 bits per heavy atom. The molecular weight excluding hydrogens is 328 g/mol. The summed E-state index contributed by atoms with van der Waals surface area (Å²) in [6.45, 7) is 5.81. The number of hydrogen-bond donors (Lipinski definition) is 2. The molecule has 0 fully saturated rings. The molecule has 0 radical (unpaired) electrons. The van der Waals surface area contributed by atoms with Crippen molar-refractivity contribution in [3.63, 3.8) is 0 Å². The summed E-state index contributed by atoms with van der Waals surface area (Å²) in [6.07, 6.45) is 0.883. The predicted molar refractivity (Wildman–Crippen MR) is 94.2 cm³/mol. The molecule has 0 amide bonds. The first-order valence-corrected chi connectivity index (χ1v) is 8.79. The van der Waals surface area contributed by atoms with Crippen molar-refractivity contribution in [2.75, 3.05) is 18.5 Å². The van der Waals surface area contributed by atoms with Gasteiger partial charge in [-0.25, -0.2) is 4.98 Å². The van der Waals surface area contributed by atoms with Crippen LogP contribution < -0.4 is 14.8 Å². The molecule has 0 spiro atoms. The number of nitrogens with zero attached hydrogens (tertiary/aromatic N) is 1. The Morgan fingerprint density at radius 3 is 2.83 bits per heavy atom. The van der Waals surface area contributed by atoms with Crippen LogP contribution in [0.4, 0.5) is 5.13 Å². The quantitative estimate of drug-likeness (QED) is 0.682. The van der Waals surface area contributed by atoms with Gasteiger partial charge >= 0.3 is 5.97 Å². The molecule has 2 aromatic rings. The third-order valence-corrected chi connectivity index (χ3v) is 3.95. The van der Waals surface area contributed by atoms with Crippen LogP contribution in [-0.4, -0.2) is 29.3 Å². The van der Waals surface area contributed by atoms with Crippen LogP contribution in [0, 0.1) is 0 Å². The molecule has 1 aromatic carbocycles. The molecule has 1 heterocycles. The van der Waals surface area contributed by atoms with Crippen molar-refractivity contribution in [2.24, 2.45) is 0 Å². The van der Waals surface area contributed by atoms with E-state index in [4.69, 9.17) is 14.6 Å². The molecule has 0 saturated carbocycles. The van der Waals surface area contributed by atoms with Crippen molar-refractivity contribution < 1.29 is 19.4 Å². The lowest BCUT2D eigenvalue weighted by atomic mass is 10.2. The van der Waals surface area contributed by atoms with Crippen molar-refractivity contribution in [2.45, 2.75) is 33.2 Å². The molecule has 2 N–H and O–H groups in total. The SMILES string of the molecule is CCCOc1ccc(CNc2nc(CC(=O)O)cs2)cc1OCC. The fraction of sp³-hybridized carbons (Fsp3) is 0.412. The van der Waals surface area contributed by atoms with Gasteiger partial charge in [-0.05, 0) is 31.0 Å². The molecule has 1 aromatic heterocycles. The third kappa shape index (κ3) is 5.42. The average Bonchev–Trinajstić information content (AvgIpc) is 2.99. The van der Waals surface area contributed by atoms with E-state index in [2.05, 4.69) is 17.2 Å². The number of hydrogen-bond acceptors (Lipinski definition) is 6. The van der Waals surface area contributed by atoms with E-state index < -0.39 is 5.97 Å². The predicted octanol–water partition coefficient (Wildman–Crippen LogP) is 3.57. The Labute approximate surface area is 145 Å². The van der Waals surface area contributed by atoms with E-state index in [0.29, 0.717) is 30.6 Å². The van der Waals surface area contributed by atoms with Crippen molar-refractivity contribution in [1.82, 2.24) is 4.98 Å². The van der Waals surface area contributed by atoms with Gasteiger partial charge in [-0.2, -0.15) is 0 Å². The number of aliphatic carboxylic acids is 1. The highest BCUT2D eigenvalue weighted by molar-refractivity contribution is 7.13. The highest BCUT2D eigenvalue weighted by Crippen LogP contribution is 2.29. The lowest BCUT2D eigenvalue weighted by molar-refractivity contribution is -0.136. The maximum absolute atomic E-state index is 10.7. The first-order chi connectivity index (χ1) is 11.6. The summed E-state index contributed by atoms with van der Waals surface area (Å²) < 4.78 is 11.3. The number of carboxylic acids is 1. The Bertz CT molecular complexity index is 672. The van der Waals surface area contributed by atoms with Crippen LogP contribution >= 0.6 is 11.3 Å². The van der Waals surface area contributed by atoms with Crippen LogP contribution in [0.5, 0.6) is 11.5 Å². The third-order valence-electron chi connectivity index (χ3n) is 3.10. The zero-order valence-corrected chi connectivity index (χ0v) is 14.7. The summed E-state index contributed by atoms with van der Waals surface area (Å²) >= 11 is 1.40. The van der Waals surface area contributed by atoms with Gasteiger partial charge in [0, 0.05) is 11.9 Å². The van der Waals surface area contributed by atoms with Crippen LogP contribution in [-0.2, 0) is 17.8 Å². The van der Waals surface area contributed by atoms with E-state index in [1.807, 2.05) is 25.1 Å². The van der Waals surface area contributed by atoms with Gasteiger partial charge in [0.25, 0.3) is 0 Å². The number of carboxylic acid groups (broad SMARTS) is 1. The van der Waals surface area contributed by atoms with Crippen molar-refractivity contribution >= 4 is 22.4 Å². The summed E-state index contributed by atoms with van der Waals surface area (Å²) in [5.41, 5.74) is 1.60. The number of aromatic nitrogens is 1. The highest BCUT2D eigenvalue weighted by atomic mass is 32.1. The van der Waals surface area contributed by atoms with Crippen LogP contribution in [0.2, 0.25) is 0 Å². The number of benzene rings is 1. The fourth-order valence-corrected chi connectivity index (χ4v) is 2.77. The lowest BCUT2D eigenvalue weighted by Gasteiger charge is -2.13. The lowest BCUT2D eigenvalue weighted by Crippen LogP contribution is -2.04. The summed E-state index contributed by atoms with van der Waals surface area (Å²) in [7, 11) is 0. The molecule has 0 unspecified atom stereocenters. The van der Waals surface area contributed by atoms with Gasteiger partial charge in [0.2, 0.25) is 0 Å². The second kappa shape index (κ2) is 9.12. The first kappa shape index (κ1) is 18.1. The zero-order chi connectivity index (χ0) is 17.4. The molecule has 0 aliphatic heterocycles. The Morgan fingerprint density at radius 2 is 2.12 bits per heavy atom. The van der Waals surface area contributed by atoms with Gasteiger partial charge in [0.05, 0.1) is 25.3 Å². The summed E-state index contributed by atoms with van der Waals surface area (Å²) in [4.78, 5) is 14.9. The van der Waals surface area contributed by atoms with Crippen molar-refractivity contribution in [3.05, 3.63) is 34.8 Å². The fourth-order valence-electron chi connectivity index (χ4n) is 2.06. The monoisotopic (exact) mass is 350 g/mol. The first-order valence-electron chi connectivity index (χ1n) is 7.91. The second-order valence-electron chi connectivity index (χ2n) is 5.13. The standard InChI is InChI=1S/C17H22N2O4S/c1-3-7-23-14-6-5-12(8-15(14)22-4-2)10-18-17-19-13(11-24-17)9-16(20)21/h5-6,8,11H,3-4,7,9-10H2,1-2H3,(H,18,19)(H,20,21). The van der Waals surface area contributed by atoms with Crippen LogP contribution in [0.15, 0.2) is 23.6 Å². The molecule has 2 rings (SSSR count). The molecule has 0 aliphatic rings. The minimum atomic E-state index is -0.879. The van der Waals surface area contributed by atoms with Gasteiger partial charge in [-0.15, -0.1) is 11.3 Å². The van der Waals surface area contributed by atoms with Gasteiger partial charge in [-0.1, -0.05) is 13.0 Å². The molecule has 7 heteroatoms. The van der Waals surface area contributed by atoms with Crippen molar-refractivity contribution in [1.29, 1.82) is 0 Å². The minimum Gasteiger partial charge on any atom is -0.490 e. The largest absolute Gasteiger partial charge is 0.490 e. The summed E-state index contributed by atoms with van der Waals surface area (Å²) in [6, 6.07) is 5.84. The smallest absolute Gasteiger partial charge is 0.309 e. The molecule has 0 aliphatic carbocycles. The van der Waals surface area contributed by atoms with Gasteiger partial charge in [0.1, 0.15) is 0 Å². The molecule has 0 saturated heterocycles. The highest BCUT2D eigenvalue weighted by Gasteiger charge is 2.08. The van der Waals surface area contributed by atoms with E-state index >= 15 is 0 Å². The van der Waals surface area contributed by atoms with Gasteiger partial charge < -0.3 is 19.9 Å². The van der Waals surface area contributed by atoms with E-state index in [1.54, 1.807) is 5.38 Å². The van der Waals surface area contributed by atoms with Crippen LogP contribution in [0.25, 0.3) is 0 Å². The van der Waals surface area contributed by atoms with Crippen molar-refractivity contribution in [3.8, 4) is 11.5 Å². The second-order valence-corrected chi connectivity index (χ2v) is 5.99. The van der Waals surface area contributed by atoms with E-state index in [0.717, 1.165) is 23.5 Å². The number of carbonyl (C=O) groups is 1. The van der Waals surface area contributed by atoms with Gasteiger partial charge in [0.15, 0.2) is 16.6 Å². The molecule has 6 nitrogen and oxygen atoms in total. The minimum absolute atomic E-state index is 0.0594. The zero-order valence-electron chi connectivity index (χ0n) is 13.9. The Hall–Kier alpha value is -2.28. The number of nitrogens with one attached hydrogen (secondary N) is 1. The molecule has 24 heavy (non-hydrogen) atoms. The Balaban J connectivity index is 1.99. The van der Waals surface area contributed by atoms with Gasteiger partial charge in [-0.3, -0.25) is 4.79 Å². The van der Waals surface area contributed by atoms with E-state index in [1.165, 1.54) is 11.3 Å². The summed E-state index contributed by atoms with van der Waals surface area (Å²) in [5.74, 6) is 0.604. The van der Waals surface area contributed by atoms with Crippen LogP contribution in [0.3, 0.4) is 0 Å². The summed E-state index contributed by atoms with van der Waals surface area (Å²) in [5, 5.41) is 14.4. The topological polar surface area (TPSA) is 80.7 Å². The average molecular weight is 350 g/mol. The molecule has 0 bridgehead atoms. The maximum Gasteiger partial charge on any atom is 0.309 e. The normalized spacial score (nSPS) is 10.4. The Kier molecular flexibility index (Phi) is 6.87. The van der Waals surface area contributed by atoms with Crippen LogP contribution in [0.1, 0.15) is 31.5 Å².